The molecule has 1 aromatic heterocycles. The highest BCUT2D eigenvalue weighted by Crippen LogP contribution is 2.24. The Kier molecular flexibility index (Phi) is 6.22. The lowest BCUT2D eigenvalue weighted by Crippen LogP contribution is -2.19. The maximum Gasteiger partial charge on any atom is 0.337 e. The molecule has 0 fully saturated rings. The fourth-order valence-corrected chi connectivity index (χ4v) is 3.54. The third kappa shape index (κ3) is 4.48. The number of aromatic nitrogens is 2. The zero-order valence-electron chi connectivity index (χ0n) is 18.5. The van der Waals surface area contributed by atoms with E-state index in [9.17, 15) is 9.59 Å². The van der Waals surface area contributed by atoms with Crippen molar-refractivity contribution in [2.24, 2.45) is 4.99 Å². The average molecular weight is 441 g/mol. The number of benzene rings is 3. The molecule has 7 heteroatoms. The Morgan fingerprint density at radius 1 is 0.909 bits per heavy atom. The molecule has 1 heterocycles. The van der Waals surface area contributed by atoms with Gasteiger partial charge in [-0.2, -0.15) is 0 Å². The molecule has 0 bridgehead atoms. The number of rotatable bonds is 6. The van der Waals surface area contributed by atoms with Gasteiger partial charge in [-0.05, 0) is 55.5 Å². The van der Waals surface area contributed by atoms with E-state index in [0.29, 0.717) is 39.7 Å². The first-order valence-corrected chi connectivity index (χ1v) is 10.3. The van der Waals surface area contributed by atoms with E-state index in [1.54, 1.807) is 50.4 Å². The second-order valence-electron chi connectivity index (χ2n) is 7.30. The van der Waals surface area contributed by atoms with E-state index in [-0.39, 0.29) is 5.56 Å². The zero-order valence-corrected chi connectivity index (χ0v) is 18.5. The Balaban J connectivity index is 1.82. The van der Waals surface area contributed by atoms with Gasteiger partial charge in [-0.3, -0.25) is 14.9 Å². The molecule has 7 nitrogen and oxygen atoms in total. The number of H-pyrrole nitrogens is 1. The summed E-state index contributed by atoms with van der Waals surface area (Å²) in [6.45, 7) is 1.80. The van der Waals surface area contributed by atoms with Crippen molar-refractivity contribution in [1.29, 1.82) is 0 Å². The van der Waals surface area contributed by atoms with Crippen LogP contribution in [0.2, 0.25) is 0 Å². The van der Waals surface area contributed by atoms with Crippen LogP contribution < -0.4 is 10.3 Å². The Morgan fingerprint density at radius 2 is 1.58 bits per heavy atom. The van der Waals surface area contributed by atoms with E-state index in [0.717, 1.165) is 5.56 Å². The summed E-state index contributed by atoms with van der Waals surface area (Å²) in [4.78, 5) is 29.8. The highest BCUT2D eigenvalue weighted by molar-refractivity contribution is 6.04. The number of ether oxygens (including phenoxy) is 2. The third-order valence-electron chi connectivity index (χ3n) is 5.23. The molecule has 33 heavy (non-hydrogen) atoms. The molecule has 0 spiro atoms. The molecule has 4 aromatic rings. The smallest absolute Gasteiger partial charge is 0.337 e. The van der Waals surface area contributed by atoms with Gasteiger partial charge in [0.25, 0.3) is 5.56 Å². The minimum atomic E-state index is -0.415. The molecular formula is C26H23N3O4. The van der Waals surface area contributed by atoms with E-state index < -0.39 is 5.97 Å². The lowest BCUT2D eigenvalue weighted by atomic mass is 10.1. The molecule has 0 aliphatic carbocycles. The summed E-state index contributed by atoms with van der Waals surface area (Å²) in [5, 5.41) is 3.24. The number of aliphatic imine (C=N–C) groups is 1. The van der Waals surface area contributed by atoms with E-state index in [2.05, 4.69) is 10.1 Å². The van der Waals surface area contributed by atoms with E-state index in [1.807, 2.05) is 42.5 Å². The number of nitrogens with one attached hydrogen (secondary N) is 1. The summed E-state index contributed by atoms with van der Waals surface area (Å²) in [5.74, 6) is 0.289. The molecule has 0 atom stereocenters. The molecule has 0 aliphatic heterocycles. The minimum Gasteiger partial charge on any atom is -0.497 e. The topological polar surface area (TPSA) is 85.7 Å². The average Bonchev–Trinajstić information content (AvgIpc) is 3.21. The number of carbonyl (C=O) groups excluding carboxylic acids is 1. The van der Waals surface area contributed by atoms with Gasteiger partial charge in [0.2, 0.25) is 0 Å². The Labute approximate surface area is 190 Å². The van der Waals surface area contributed by atoms with E-state index in [4.69, 9.17) is 9.47 Å². The standard InChI is InChI=1S/C26H23N3O4/c1-17(27-20-11-9-19(10-12-20)26(31)33-3)23-24(18-7-5-4-6-8-18)28-29(25(23)30)21-13-15-22(32-2)16-14-21/h4-16,28H,1-3H3. The van der Waals surface area contributed by atoms with Gasteiger partial charge >= 0.3 is 5.97 Å². The maximum absolute atomic E-state index is 13.5. The van der Waals surface area contributed by atoms with Crippen LogP contribution in [0.5, 0.6) is 5.75 Å². The lowest BCUT2D eigenvalue weighted by molar-refractivity contribution is 0.0601. The molecule has 0 amide bonds. The van der Waals surface area contributed by atoms with Crippen molar-refractivity contribution in [2.75, 3.05) is 14.2 Å². The van der Waals surface area contributed by atoms with Crippen molar-refractivity contribution < 1.29 is 14.3 Å². The van der Waals surface area contributed by atoms with E-state index >= 15 is 0 Å². The van der Waals surface area contributed by atoms with Crippen LogP contribution in [0.25, 0.3) is 16.9 Å². The SMILES string of the molecule is COC(=O)c1ccc(N=C(C)c2c(-c3ccccc3)[nH]n(-c3ccc(OC)cc3)c2=O)cc1. The maximum atomic E-state index is 13.5. The van der Waals surface area contributed by atoms with Gasteiger partial charge in [0.1, 0.15) is 5.75 Å². The Hall–Kier alpha value is -4.39. The highest BCUT2D eigenvalue weighted by Gasteiger charge is 2.19. The summed E-state index contributed by atoms with van der Waals surface area (Å²) in [6.07, 6.45) is 0. The zero-order chi connectivity index (χ0) is 23.4. The summed E-state index contributed by atoms with van der Waals surface area (Å²) < 4.78 is 11.5. The largest absolute Gasteiger partial charge is 0.497 e. The first-order valence-electron chi connectivity index (χ1n) is 10.3. The van der Waals surface area contributed by atoms with Gasteiger partial charge in [0.15, 0.2) is 0 Å². The molecule has 0 saturated heterocycles. The number of hydrogen-bond acceptors (Lipinski definition) is 5. The third-order valence-corrected chi connectivity index (χ3v) is 5.23. The number of carbonyl (C=O) groups is 1. The van der Waals surface area contributed by atoms with Crippen LogP contribution in [0.1, 0.15) is 22.8 Å². The van der Waals surface area contributed by atoms with Gasteiger partial charge in [0.05, 0.1) is 48.1 Å². The van der Waals surface area contributed by atoms with Crippen LogP contribution in [0.3, 0.4) is 0 Å². The van der Waals surface area contributed by atoms with Gasteiger partial charge < -0.3 is 9.47 Å². The fraction of sp³-hybridized carbons (Fsp3) is 0.115. The van der Waals surface area contributed by atoms with Crippen LogP contribution in [0.15, 0.2) is 88.6 Å². The van der Waals surface area contributed by atoms with Crippen LogP contribution in [0, 0.1) is 0 Å². The van der Waals surface area contributed by atoms with Crippen molar-refractivity contribution in [1.82, 2.24) is 9.78 Å². The van der Waals surface area contributed by atoms with Crippen LogP contribution in [0.4, 0.5) is 5.69 Å². The fourth-order valence-electron chi connectivity index (χ4n) is 3.54. The number of esters is 1. The Bertz CT molecular complexity index is 1350. The molecule has 4 rings (SSSR count). The van der Waals surface area contributed by atoms with Gasteiger partial charge in [-0.25, -0.2) is 9.48 Å². The van der Waals surface area contributed by atoms with Crippen molar-refractivity contribution in [3.63, 3.8) is 0 Å². The van der Waals surface area contributed by atoms with E-state index in [1.165, 1.54) is 11.8 Å². The highest BCUT2D eigenvalue weighted by atomic mass is 16.5. The molecule has 0 saturated carbocycles. The lowest BCUT2D eigenvalue weighted by Gasteiger charge is -2.04. The van der Waals surface area contributed by atoms with Crippen LogP contribution in [-0.4, -0.2) is 35.7 Å². The summed E-state index contributed by atoms with van der Waals surface area (Å²) in [5.41, 5.74) is 4.07. The summed E-state index contributed by atoms with van der Waals surface area (Å²) in [7, 11) is 2.93. The van der Waals surface area contributed by atoms with Crippen LogP contribution >= 0.6 is 0 Å². The normalized spacial score (nSPS) is 11.3. The first kappa shape index (κ1) is 21.8. The van der Waals surface area contributed by atoms with Crippen molar-refractivity contribution in [3.8, 4) is 22.7 Å². The van der Waals surface area contributed by atoms with Gasteiger partial charge in [0, 0.05) is 5.56 Å². The minimum absolute atomic E-state index is 0.216. The van der Waals surface area contributed by atoms with Crippen molar-refractivity contribution in [3.05, 3.63) is 100 Å². The molecule has 0 aliphatic rings. The first-order chi connectivity index (χ1) is 16.0. The van der Waals surface area contributed by atoms with Crippen molar-refractivity contribution >= 4 is 17.4 Å². The van der Waals surface area contributed by atoms with Gasteiger partial charge in [-0.15, -0.1) is 0 Å². The molecule has 1 N–H and O–H groups in total. The number of nitrogens with zero attached hydrogens (tertiary/aromatic N) is 2. The monoisotopic (exact) mass is 441 g/mol. The summed E-state index contributed by atoms with van der Waals surface area (Å²) >= 11 is 0. The number of hydrogen-bond donors (Lipinski definition) is 1. The van der Waals surface area contributed by atoms with Crippen molar-refractivity contribution in [2.45, 2.75) is 6.92 Å². The summed E-state index contributed by atoms with van der Waals surface area (Å²) in [6, 6.07) is 23.6. The van der Waals surface area contributed by atoms with Crippen LogP contribution in [-0.2, 0) is 4.74 Å². The predicted octanol–water partition coefficient (Wildman–Crippen LogP) is 4.77. The Morgan fingerprint density at radius 3 is 2.18 bits per heavy atom. The number of aromatic amines is 1. The quantitative estimate of drug-likeness (QED) is 0.345. The number of methoxy groups -OCH3 is 2. The second kappa shape index (κ2) is 9.40. The van der Waals surface area contributed by atoms with Gasteiger partial charge in [-0.1, -0.05) is 30.3 Å². The molecule has 0 unspecified atom stereocenters. The second-order valence-corrected chi connectivity index (χ2v) is 7.30. The molecule has 0 radical (unpaired) electrons. The molecule has 166 valence electrons. The molecule has 3 aromatic carbocycles. The predicted molar refractivity (Wildman–Crippen MR) is 128 cm³/mol. The molecular weight excluding hydrogens is 418 g/mol.